The van der Waals surface area contributed by atoms with E-state index in [1.165, 1.54) is 44.8 Å². The second-order valence-corrected chi connectivity index (χ2v) is 4.63. The van der Waals surface area contributed by atoms with Gasteiger partial charge in [-0.3, -0.25) is 0 Å². The Morgan fingerprint density at radius 3 is 2.85 bits per heavy atom. The van der Waals surface area contributed by atoms with Crippen molar-refractivity contribution < 1.29 is 4.74 Å². The molecule has 1 radical (unpaired) electrons. The molecule has 1 nitrogen and oxygen atoms in total. The van der Waals surface area contributed by atoms with Gasteiger partial charge in [-0.15, -0.1) is 0 Å². The molecule has 0 aromatic carbocycles. The summed E-state index contributed by atoms with van der Waals surface area (Å²) in [7, 11) is 4.41. The summed E-state index contributed by atoms with van der Waals surface area (Å²) in [6.45, 7) is 0. The van der Waals surface area contributed by atoms with Crippen LogP contribution in [-0.2, 0) is 4.74 Å². The molecule has 73 valence electrons. The molecule has 2 heterocycles. The van der Waals surface area contributed by atoms with Crippen LogP contribution in [0.15, 0.2) is 0 Å². The zero-order valence-electron chi connectivity index (χ0n) is 8.67. The Morgan fingerprint density at radius 1 is 1.08 bits per heavy atom. The number of rotatable bonds is 1. The van der Waals surface area contributed by atoms with Crippen molar-refractivity contribution in [3.63, 3.8) is 0 Å². The average molecular weight is 179 g/mol. The minimum Gasteiger partial charge on any atom is -0.382 e. The van der Waals surface area contributed by atoms with Crippen molar-refractivity contribution in [2.75, 3.05) is 7.11 Å². The first-order chi connectivity index (χ1) is 6.40. The van der Waals surface area contributed by atoms with E-state index < -0.39 is 0 Å². The molecule has 0 spiro atoms. The van der Waals surface area contributed by atoms with Gasteiger partial charge in [0, 0.05) is 7.11 Å². The van der Waals surface area contributed by atoms with E-state index in [4.69, 9.17) is 4.74 Å². The molecular weight excluding hydrogens is 159 g/mol. The molecule has 1 aliphatic carbocycles. The predicted molar refractivity (Wildman–Crippen MR) is 56.3 cm³/mol. The zero-order valence-corrected chi connectivity index (χ0v) is 8.67. The molecule has 13 heavy (non-hydrogen) atoms. The van der Waals surface area contributed by atoms with Crippen LogP contribution >= 0.6 is 0 Å². The van der Waals surface area contributed by atoms with Crippen molar-refractivity contribution in [3.8, 4) is 0 Å². The van der Waals surface area contributed by atoms with Gasteiger partial charge < -0.3 is 4.74 Å². The van der Waals surface area contributed by atoms with Crippen molar-refractivity contribution in [3.05, 3.63) is 0 Å². The number of methoxy groups -OCH3 is 1. The highest BCUT2D eigenvalue weighted by molar-refractivity contribution is 6.37. The van der Waals surface area contributed by atoms with Crippen molar-refractivity contribution in [2.24, 2.45) is 5.92 Å². The molecule has 3 unspecified atom stereocenters. The first kappa shape index (κ1) is 9.58. The molecule has 2 heteroatoms. The average Bonchev–Trinajstić information content (AvgIpc) is 2.01. The van der Waals surface area contributed by atoms with Crippen LogP contribution in [0.3, 0.4) is 0 Å². The second-order valence-electron chi connectivity index (χ2n) is 4.63. The molecule has 0 N–H and O–H groups in total. The molecule has 3 fully saturated rings. The van der Waals surface area contributed by atoms with Crippen LogP contribution in [-0.4, -0.2) is 20.5 Å². The van der Waals surface area contributed by atoms with Crippen LogP contribution < -0.4 is 0 Å². The van der Waals surface area contributed by atoms with Gasteiger partial charge in [0.25, 0.3) is 0 Å². The summed E-state index contributed by atoms with van der Waals surface area (Å²) in [5.41, 5.74) is 0. The van der Waals surface area contributed by atoms with Gasteiger partial charge in [0.05, 0.1) is 6.10 Å². The van der Waals surface area contributed by atoms with Crippen molar-refractivity contribution in [1.29, 1.82) is 0 Å². The fourth-order valence-corrected chi connectivity index (χ4v) is 2.98. The summed E-state index contributed by atoms with van der Waals surface area (Å²) >= 11 is 0. The Balaban J connectivity index is 2.02. The van der Waals surface area contributed by atoms with E-state index in [0.717, 1.165) is 11.7 Å². The van der Waals surface area contributed by atoms with E-state index in [-0.39, 0.29) is 0 Å². The molecule has 3 atom stereocenters. The van der Waals surface area contributed by atoms with Gasteiger partial charge in [-0.05, 0) is 24.6 Å². The monoisotopic (exact) mass is 179 g/mol. The minimum absolute atomic E-state index is 0.531. The van der Waals surface area contributed by atoms with Gasteiger partial charge in [-0.25, -0.2) is 0 Å². The zero-order chi connectivity index (χ0) is 9.10. The van der Waals surface area contributed by atoms with E-state index in [9.17, 15) is 0 Å². The van der Waals surface area contributed by atoms with Gasteiger partial charge in [0.2, 0.25) is 0 Å². The number of hydrogen-bond donors (Lipinski definition) is 0. The third-order valence-electron chi connectivity index (χ3n) is 3.83. The molecule has 0 amide bonds. The Morgan fingerprint density at radius 2 is 2.00 bits per heavy atom. The van der Waals surface area contributed by atoms with Crippen LogP contribution in [0, 0.1) is 5.92 Å². The Hall–Kier alpha value is 0.0249. The van der Waals surface area contributed by atoms with Crippen molar-refractivity contribution >= 4 is 7.28 Å². The first-order valence-corrected chi connectivity index (χ1v) is 5.76. The smallest absolute Gasteiger partial charge is 0.117 e. The molecule has 2 saturated heterocycles. The van der Waals surface area contributed by atoms with Gasteiger partial charge in [-0.2, -0.15) is 0 Å². The highest BCUT2D eigenvalue weighted by Gasteiger charge is 2.28. The van der Waals surface area contributed by atoms with Gasteiger partial charge >= 0.3 is 0 Å². The van der Waals surface area contributed by atoms with E-state index in [1.807, 2.05) is 7.11 Å². The Kier molecular flexibility index (Phi) is 3.31. The lowest BCUT2D eigenvalue weighted by Gasteiger charge is -2.34. The molecule has 2 aliphatic heterocycles. The Bertz CT molecular complexity index is 150. The lowest BCUT2D eigenvalue weighted by Crippen LogP contribution is -2.28. The summed E-state index contributed by atoms with van der Waals surface area (Å²) in [6.07, 6.45) is 10.3. The lowest BCUT2D eigenvalue weighted by atomic mass is 9.53. The molecule has 0 aromatic heterocycles. The topological polar surface area (TPSA) is 9.23 Å². The highest BCUT2D eigenvalue weighted by atomic mass is 16.5. The summed E-state index contributed by atoms with van der Waals surface area (Å²) in [6, 6.07) is 0. The number of fused-ring (bicyclic) bond motifs is 6. The Labute approximate surface area is 82.5 Å². The van der Waals surface area contributed by atoms with Crippen LogP contribution in [0.2, 0.25) is 12.1 Å². The van der Waals surface area contributed by atoms with Gasteiger partial charge in [0.1, 0.15) is 7.28 Å². The largest absolute Gasteiger partial charge is 0.382 e. The number of ether oxygens (including phenoxy) is 1. The van der Waals surface area contributed by atoms with Crippen LogP contribution in [0.4, 0.5) is 0 Å². The minimum atomic E-state index is 0.531. The van der Waals surface area contributed by atoms with Crippen molar-refractivity contribution in [2.45, 2.75) is 56.8 Å². The summed E-state index contributed by atoms with van der Waals surface area (Å²) in [5.74, 6) is 1.75. The third kappa shape index (κ3) is 2.28. The molecule has 0 aromatic rings. The van der Waals surface area contributed by atoms with Crippen molar-refractivity contribution in [1.82, 2.24) is 0 Å². The maximum atomic E-state index is 5.58. The standard InChI is InChI=1S/C11H20BO/c1-13-11-6-5-9-3-2-4-10(11)12-8-7-9/h9-11H,2-8H2,1H3. The lowest BCUT2D eigenvalue weighted by molar-refractivity contribution is 0.0703. The molecular formula is C11H20BO. The highest BCUT2D eigenvalue weighted by Crippen LogP contribution is 2.36. The molecule has 3 rings (SSSR count). The van der Waals surface area contributed by atoms with E-state index in [1.54, 1.807) is 0 Å². The van der Waals surface area contributed by atoms with Crippen LogP contribution in [0.1, 0.15) is 38.5 Å². The fourth-order valence-electron chi connectivity index (χ4n) is 2.98. The van der Waals surface area contributed by atoms with E-state index in [0.29, 0.717) is 6.10 Å². The second kappa shape index (κ2) is 4.50. The fraction of sp³-hybridized carbons (Fsp3) is 1.00. The summed E-state index contributed by atoms with van der Waals surface area (Å²) < 4.78 is 5.58. The van der Waals surface area contributed by atoms with Gasteiger partial charge in [0.15, 0.2) is 0 Å². The maximum absolute atomic E-state index is 5.58. The van der Waals surface area contributed by atoms with E-state index >= 15 is 0 Å². The summed E-state index contributed by atoms with van der Waals surface area (Å²) in [5, 5.41) is 0. The molecule has 2 bridgehead atoms. The quantitative estimate of drug-likeness (QED) is 0.562. The third-order valence-corrected chi connectivity index (χ3v) is 3.83. The van der Waals surface area contributed by atoms with Crippen LogP contribution in [0.25, 0.3) is 0 Å². The summed E-state index contributed by atoms with van der Waals surface area (Å²) in [4.78, 5) is 0. The predicted octanol–water partition coefficient (Wildman–Crippen LogP) is 2.90. The number of hydrogen-bond acceptors (Lipinski definition) is 1. The normalized spacial score (nSPS) is 40.2. The van der Waals surface area contributed by atoms with Crippen LogP contribution in [0.5, 0.6) is 0 Å². The SMILES string of the molecule is COC1CCC2CC[B]C1CCC2. The molecule has 3 aliphatic rings. The van der Waals surface area contributed by atoms with Gasteiger partial charge in [-0.1, -0.05) is 32.0 Å². The maximum Gasteiger partial charge on any atom is 0.117 e. The van der Waals surface area contributed by atoms with E-state index in [2.05, 4.69) is 7.28 Å². The molecule has 1 saturated carbocycles. The first-order valence-electron chi connectivity index (χ1n) is 5.76.